The predicted octanol–water partition coefficient (Wildman–Crippen LogP) is 2.22. The Labute approximate surface area is 127 Å². The van der Waals surface area contributed by atoms with Gasteiger partial charge in [-0.25, -0.2) is 0 Å². The van der Waals surface area contributed by atoms with Crippen LogP contribution in [-0.4, -0.2) is 30.0 Å². The van der Waals surface area contributed by atoms with Crippen molar-refractivity contribution in [1.29, 1.82) is 0 Å². The first-order valence-electron chi connectivity index (χ1n) is 7.10. The molecule has 0 spiro atoms. The summed E-state index contributed by atoms with van der Waals surface area (Å²) in [6.45, 7) is 3.85. The summed E-state index contributed by atoms with van der Waals surface area (Å²) in [7, 11) is 0. The number of hydrogen-bond acceptors (Lipinski definition) is 7. The molecule has 1 fully saturated rings. The standard InChI is InChI=1S/C14H19N3O3S/c1-2-19-14(5-7-18-8-6-14)13-16-12(20-17-13)11(15)10-4-3-9-21-10/h3-4,9,11H,2,5-8,15H2,1H3. The molecule has 21 heavy (non-hydrogen) atoms. The molecule has 0 aromatic carbocycles. The van der Waals surface area contributed by atoms with E-state index in [1.807, 2.05) is 24.4 Å². The van der Waals surface area contributed by atoms with E-state index in [2.05, 4.69) is 10.1 Å². The summed E-state index contributed by atoms with van der Waals surface area (Å²) in [4.78, 5) is 5.51. The van der Waals surface area contributed by atoms with Gasteiger partial charge in [0.1, 0.15) is 11.6 Å². The molecular formula is C14H19N3O3S. The maximum absolute atomic E-state index is 6.17. The van der Waals surface area contributed by atoms with E-state index in [0.717, 1.165) is 17.7 Å². The van der Waals surface area contributed by atoms with E-state index < -0.39 is 5.60 Å². The molecule has 6 nitrogen and oxygen atoms in total. The van der Waals surface area contributed by atoms with Crippen LogP contribution in [0.25, 0.3) is 0 Å². The number of aromatic nitrogens is 2. The maximum atomic E-state index is 6.17. The second kappa shape index (κ2) is 6.23. The van der Waals surface area contributed by atoms with Crippen LogP contribution in [0.2, 0.25) is 0 Å². The molecule has 3 rings (SSSR count). The second-order valence-electron chi connectivity index (χ2n) is 4.99. The molecule has 114 valence electrons. The molecule has 7 heteroatoms. The van der Waals surface area contributed by atoms with Gasteiger partial charge >= 0.3 is 0 Å². The number of nitrogens with two attached hydrogens (primary N) is 1. The largest absolute Gasteiger partial charge is 0.381 e. The van der Waals surface area contributed by atoms with Crippen molar-refractivity contribution in [2.24, 2.45) is 5.73 Å². The molecular weight excluding hydrogens is 290 g/mol. The Balaban J connectivity index is 1.85. The van der Waals surface area contributed by atoms with E-state index >= 15 is 0 Å². The van der Waals surface area contributed by atoms with E-state index in [-0.39, 0.29) is 6.04 Å². The minimum Gasteiger partial charge on any atom is -0.381 e. The van der Waals surface area contributed by atoms with Crippen molar-refractivity contribution in [1.82, 2.24) is 10.1 Å². The highest BCUT2D eigenvalue weighted by atomic mass is 32.1. The molecule has 2 aromatic heterocycles. The van der Waals surface area contributed by atoms with Gasteiger partial charge in [-0.1, -0.05) is 11.2 Å². The van der Waals surface area contributed by atoms with Gasteiger partial charge in [0.15, 0.2) is 0 Å². The highest BCUT2D eigenvalue weighted by Crippen LogP contribution is 2.35. The molecule has 3 heterocycles. The van der Waals surface area contributed by atoms with E-state index in [1.54, 1.807) is 11.3 Å². The molecule has 1 atom stereocenters. The van der Waals surface area contributed by atoms with Crippen LogP contribution in [0, 0.1) is 0 Å². The Hall–Kier alpha value is -1.28. The summed E-state index contributed by atoms with van der Waals surface area (Å²) in [6, 6.07) is 3.54. The Morgan fingerprint density at radius 3 is 2.95 bits per heavy atom. The van der Waals surface area contributed by atoms with Gasteiger partial charge in [0.2, 0.25) is 11.7 Å². The number of thiophene rings is 1. The topological polar surface area (TPSA) is 83.4 Å². The Kier molecular flexibility index (Phi) is 4.34. The van der Waals surface area contributed by atoms with Crippen LogP contribution >= 0.6 is 11.3 Å². The zero-order valence-electron chi connectivity index (χ0n) is 11.9. The third-order valence-corrected chi connectivity index (χ3v) is 4.64. The van der Waals surface area contributed by atoms with Crippen molar-refractivity contribution in [3.8, 4) is 0 Å². The molecule has 0 saturated carbocycles. The zero-order valence-corrected chi connectivity index (χ0v) is 12.8. The van der Waals surface area contributed by atoms with Gasteiger partial charge in [-0.05, 0) is 18.4 Å². The normalized spacial score (nSPS) is 19.5. The fourth-order valence-corrected chi connectivity index (χ4v) is 3.27. The number of rotatable bonds is 5. The Morgan fingerprint density at radius 1 is 1.48 bits per heavy atom. The number of nitrogens with zero attached hydrogens (tertiary/aromatic N) is 2. The summed E-state index contributed by atoms with van der Waals surface area (Å²) in [5.74, 6) is 1.01. The lowest BCUT2D eigenvalue weighted by Crippen LogP contribution is -2.37. The smallest absolute Gasteiger partial charge is 0.249 e. The summed E-state index contributed by atoms with van der Waals surface area (Å²) in [5, 5.41) is 6.10. The highest BCUT2D eigenvalue weighted by molar-refractivity contribution is 7.10. The molecule has 0 radical (unpaired) electrons. The summed E-state index contributed by atoms with van der Waals surface area (Å²) in [6.07, 6.45) is 1.46. The summed E-state index contributed by atoms with van der Waals surface area (Å²) in [5.41, 5.74) is 5.66. The first-order chi connectivity index (χ1) is 10.2. The monoisotopic (exact) mass is 309 g/mol. The fraction of sp³-hybridized carbons (Fsp3) is 0.571. The lowest BCUT2D eigenvalue weighted by Gasteiger charge is -2.33. The van der Waals surface area contributed by atoms with Crippen LogP contribution in [-0.2, 0) is 15.1 Å². The number of ether oxygens (including phenoxy) is 2. The molecule has 2 N–H and O–H groups in total. The van der Waals surface area contributed by atoms with Gasteiger partial charge in [0.25, 0.3) is 0 Å². The molecule has 1 aliphatic heterocycles. The van der Waals surface area contributed by atoms with Crippen molar-refractivity contribution in [2.75, 3.05) is 19.8 Å². The SMILES string of the molecule is CCOC1(c2noc(C(N)c3cccs3)n2)CCOCC1. The van der Waals surface area contributed by atoms with Crippen LogP contribution in [0.1, 0.15) is 42.4 Å². The average molecular weight is 309 g/mol. The minimum atomic E-state index is -0.510. The zero-order chi connectivity index (χ0) is 14.7. The third-order valence-electron chi connectivity index (χ3n) is 3.69. The molecule has 0 amide bonds. The number of hydrogen-bond donors (Lipinski definition) is 1. The molecule has 1 aliphatic rings. The van der Waals surface area contributed by atoms with Crippen molar-refractivity contribution >= 4 is 11.3 Å². The molecule has 0 bridgehead atoms. The van der Waals surface area contributed by atoms with Crippen molar-refractivity contribution in [2.45, 2.75) is 31.4 Å². The first-order valence-corrected chi connectivity index (χ1v) is 7.98. The summed E-state index contributed by atoms with van der Waals surface area (Å²) >= 11 is 1.58. The van der Waals surface area contributed by atoms with Gasteiger partial charge in [-0.3, -0.25) is 0 Å². The van der Waals surface area contributed by atoms with E-state index in [0.29, 0.717) is 31.5 Å². The Morgan fingerprint density at radius 2 is 2.29 bits per heavy atom. The molecule has 0 aliphatic carbocycles. The van der Waals surface area contributed by atoms with Crippen LogP contribution in [0.3, 0.4) is 0 Å². The lowest BCUT2D eigenvalue weighted by molar-refractivity contribution is -0.118. The minimum absolute atomic E-state index is 0.384. The van der Waals surface area contributed by atoms with Crippen LogP contribution < -0.4 is 5.73 Å². The molecule has 1 saturated heterocycles. The Bertz CT molecular complexity index is 558. The van der Waals surface area contributed by atoms with Gasteiger partial charge in [0.05, 0.1) is 0 Å². The van der Waals surface area contributed by atoms with Crippen LogP contribution in [0.5, 0.6) is 0 Å². The predicted molar refractivity (Wildman–Crippen MR) is 78.0 cm³/mol. The van der Waals surface area contributed by atoms with E-state index in [4.69, 9.17) is 19.7 Å². The van der Waals surface area contributed by atoms with E-state index in [9.17, 15) is 0 Å². The van der Waals surface area contributed by atoms with Gasteiger partial charge in [0, 0.05) is 37.5 Å². The van der Waals surface area contributed by atoms with E-state index in [1.165, 1.54) is 0 Å². The highest BCUT2D eigenvalue weighted by Gasteiger charge is 2.40. The quantitative estimate of drug-likeness (QED) is 0.912. The lowest BCUT2D eigenvalue weighted by atomic mass is 9.93. The molecule has 1 unspecified atom stereocenters. The van der Waals surface area contributed by atoms with Crippen molar-refractivity contribution in [3.63, 3.8) is 0 Å². The maximum Gasteiger partial charge on any atom is 0.249 e. The first kappa shape index (κ1) is 14.6. The van der Waals surface area contributed by atoms with Crippen molar-refractivity contribution in [3.05, 3.63) is 34.1 Å². The third kappa shape index (κ3) is 2.87. The second-order valence-corrected chi connectivity index (χ2v) is 5.97. The average Bonchev–Trinajstić information content (AvgIpc) is 3.20. The van der Waals surface area contributed by atoms with Crippen molar-refractivity contribution < 1.29 is 14.0 Å². The molecule has 2 aromatic rings. The van der Waals surface area contributed by atoms with Gasteiger partial charge < -0.3 is 19.7 Å². The van der Waals surface area contributed by atoms with Gasteiger partial charge in [-0.2, -0.15) is 4.98 Å². The summed E-state index contributed by atoms with van der Waals surface area (Å²) < 4.78 is 16.7. The van der Waals surface area contributed by atoms with Crippen LogP contribution in [0.4, 0.5) is 0 Å². The fourth-order valence-electron chi connectivity index (χ4n) is 2.55. The van der Waals surface area contributed by atoms with Gasteiger partial charge in [-0.15, -0.1) is 11.3 Å². The van der Waals surface area contributed by atoms with Crippen LogP contribution in [0.15, 0.2) is 22.0 Å².